The molecule has 1 fully saturated rings. The number of carbonyl (C=O) groups excluding carboxylic acids is 1. The van der Waals surface area contributed by atoms with E-state index >= 15 is 0 Å². The van der Waals surface area contributed by atoms with Gasteiger partial charge in [0.2, 0.25) is 0 Å². The highest BCUT2D eigenvalue weighted by atomic mass is 19.4. The van der Waals surface area contributed by atoms with Crippen LogP contribution in [0.2, 0.25) is 0 Å². The summed E-state index contributed by atoms with van der Waals surface area (Å²) >= 11 is 0. The van der Waals surface area contributed by atoms with Gasteiger partial charge in [-0.3, -0.25) is 4.79 Å². The van der Waals surface area contributed by atoms with Gasteiger partial charge in [-0.05, 0) is 49.9 Å². The number of carbonyl (C=O) groups is 1. The molecule has 0 aliphatic carbocycles. The van der Waals surface area contributed by atoms with Gasteiger partial charge in [0.15, 0.2) is 0 Å². The van der Waals surface area contributed by atoms with E-state index in [0.717, 1.165) is 35.6 Å². The van der Waals surface area contributed by atoms with Crippen molar-refractivity contribution in [2.24, 2.45) is 0 Å². The van der Waals surface area contributed by atoms with Crippen LogP contribution in [0.3, 0.4) is 0 Å². The number of amides is 1. The van der Waals surface area contributed by atoms with Crippen molar-refractivity contribution < 1.29 is 22.7 Å². The topological polar surface area (TPSA) is 79.9 Å². The Labute approximate surface area is 177 Å². The number of rotatable bonds is 4. The van der Waals surface area contributed by atoms with Gasteiger partial charge >= 0.3 is 6.18 Å². The largest absolute Gasteiger partial charge is 0.416 e. The molecule has 1 amide bonds. The van der Waals surface area contributed by atoms with Gasteiger partial charge in [0.25, 0.3) is 5.91 Å². The number of H-pyrrole nitrogens is 1. The molecule has 2 aromatic heterocycles. The van der Waals surface area contributed by atoms with Gasteiger partial charge in [-0.1, -0.05) is 0 Å². The average molecular weight is 432 g/mol. The molecule has 0 unspecified atom stereocenters. The Morgan fingerprint density at radius 2 is 2.00 bits per heavy atom. The molecule has 0 spiro atoms. The molecule has 1 aliphatic rings. The van der Waals surface area contributed by atoms with E-state index in [2.05, 4.69) is 20.3 Å². The highest BCUT2D eigenvalue weighted by Crippen LogP contribution is 2.38. The molecule has 2 N–H and O–H groups in total. The number of alkyl halides is 3. The van der Waals surface area contributed by atoms with E-state index in [1.165, 1.54) is 18.6 Å². The Balaban J connectivity index is 1.68. The number of benzene rings is 1. The number of halogens is 3. The first-order chi connectivity index (χ1) is 14.8. The Hall–Kier alpha value is -2.94. The zero-order valence-electron chi connectivity index (χ0n) is 17.3. The quantitative estimate of drug-likeness (QED) is 0.640. The van der Waals surface area contributed by atoms with Gasteiger partial charge in [0.1, 0.15) is 6.33 Å². The third-order valence-electron chi connectivity index (χ3n) is 5.85. The van der Waals surface area contributed by atoms with E-state index in [9.17, 15) is 18.0 Å². The average Bonchev–Trinajstić information content (AvgIpc) is 3.07. The van der Waals surface area contributed by atoms with Crippen LogP contribution in [0.4, 0.5) is 13.2 Å². The van der Waals surface area contributed by atoms with E-state index in [1.54, 1.807) is 6.92 Å². The first-order valence-electron chi connectivity index (χ1n) is 10.1. The summed E-state index contributed by atoms with van der Waals surface area (Å²) in [4.78, 5) is 23.4. The molecule has 164 valence electrons. The number of nitrogens with one attached hydrogen (secondary N) is 2. The fraction of sp³-hybridized carbons (Fsp3) is 0.409. The van der Waals surface area contributed by atoms with Gasteiger partial charge < -0.3 is 15.0 Å². The van der Waals surface area contributed by atoms with Crippen LogP contribution in [-0.4, -0.2) is 34.1 Å². The number of nitrogens with zero attached hydrogens (tertiary/aromatic N) is 2. The third kappa shape index (κ3) is 4.27. The predicted octanol–water partition coefficient (Wildman–Crippen LogP) is 4.42. The molecule has 0 saturated carbocycles. The maximum Gasteiger partial charge on any atom is 0.416 e. The van der Waals surface area contributed by atoms with Crippen LogP contribution < -0.4 is 5.32 Å². The summed E-state index contributed by atoms with van der Waals surface area (Å²) in [6.45, 7) is 4.60. The van der Waals surface area contributed by atoms with Crippen LogP contribution in [-0.2, 0) is 17.5 Å². The van der Waals surface area contributed by atoms with Crippen LogP contribution >= 0.6 is 0 Å². The fourth-order valence-corrected chi connectivity index (χ4v) is 4.13. The van der Waals surface area contributed by atoms with Crippen LogP contribution in [0, 0.1) is 13.8 Å². The fourth-order valence-electron chi connectivity index (χ4n) is 4.13. The monoisotopic (exact) mass is 432 g/mol. The van der Waals surface area contributed by atoms with Crippen molar-refractivity contribution in [3.05, 3.63) is 58.3 Å². The first kappa shape index (κ1) is 21.3. The molecule has 1 aliphatic heterocycles. The van der Waals surface area contributed by atoms with E-state index in [4.69, 9.17) is 4.74 Å². The summed E-state index contributed by atoms with van der Waals surface area (Å²) in [5, 5.41) is 3.31. The standard InChI is InChI=1S/C22H23F3N4O2/c1-12-16-7-15(9-27-21(30)17-10-26-11-28-13(17)2)18(22(23,24)25)8-19(16)29-20(12)14-3-5-31-6-4-14/h7-8,10-11,14,29H,3-6,9H2,1-2H3,(H,27,30). The van der Waals surface area contributed by atoms with Crippen LogP contribution in [0.15, 0.2) is 24.7 Å². The van der Waals surface area contributed by atoms with E-state index in [1.807, 2.05) is 6.92 Å². The Morgan fingerprint density at radius 1 is 1.26 bits per heavy atom. The molecule has 0 bridgehead atoms. The zero-order valence-corrected chi connectivity index (χ0v) is 17.3. The molecule has 1 saturated heterocycles. The highest BCUT2D eigenvalue weighted by molar-refractivity contribution is 5.95. The molecule has 0 radical (unpaired) electrons. The number of aryl methyl sites for hydroxylation is 2. The Kier molecular flexibility index (Phi) is 5.70. The van der Waals surface area contributed by atoms with Crippen molar-refractivity contribution in [2.75, 3.05) is 13.2 Å². The van der Waals surface area contributed by atoms with E-state index in [0.29, 0.717) is 24.4 Å². The minimum absolute atomic E-state index is 0.0171. The maximum absolute atomic E-state index is 13.8. The number of aromatic amines is 1. The van der Waals surface area contributed by atoms with Crippen molar-refractivity contribution in [3.8, 4) is 0 Å². The smallest absolute Gasteiger partial charge is 0.381 e. The molecule has 6 nitrogen and oxygen atoms in total. The second kappa shape index (κ2) is 8.30. The molecule has 3 heterocycles. The first-order valence-corrected chi connectivity index (χ1v) is 10.1. The van der Waals surface area contributed by atoms with Crippen LogP contribution in [0.5, 0.6) is 0 Å². The normalized spacial score (nSPS) is 15.4. The van der Waals surface area contributed by atoms with Crippen molar-refractivity contribution in [1.82, 2.24) is 20.3 Å². The number of ether oxygens (including phenoxy) is 1. The molecule has 1 aromatic carbocycles. The lowest BCUT2D eigenvalue weighted by atomic mass is 9.93. The lowest BCUT2D eigenvalue weighted by Gasteiger charge is -2.21. The molecule has 0 atom stereocenters. The van der Waals surface area contributed by atoms with E-state index in [-0.39, 0.29) is 23.6 Å². The van der Waals surface area contributed by atoms with Crippen molar-refractivity contribution in [3.63, 3.8) is 0 Å². The number of aromatic nitrogens is 3. The van der Waals surface area contributed by atoms with Gasteiger partial charge in [-0.25, -0.2) is 9.97 Å². The minimum atomic E-state index is -4.54. The molecular weight excluding hydrogens is 409 g/mol. The second-order valence-corrected chi connectivity index (χ2v) is 7.81. The number of hydrogen-bond donors (Lipinski definition) is 2. The van der Waals surface area contributed by atoms with Gasteiger partial charge in [0.05, 0.1) is 16.8 Å². The van der Waals surface area contributed by atoms with Crippen molar-refractivity contribution >= 4 is 16.8 Å². The van der Waals surface area contributed by atoms with Crippen LogP contribution in [0.25, 0.3) is 10.9 Å². The van der Waals surface area contributed by atoms with Gasteiger partial charge in [-0.15, -0.1) is 0 Å². The Bertz CT molecular complexity index is 1120. The molecule has 31 heavy (non-hydrogen) atoms. The predicted molar refractivity (Wildman–Crippen MR) is 109 cm³/mol. The summed E-state index contributed by atoms with van der Waals surface area (Å²) in [6, 6.07) is 2.67. The van der Waals surface area contributed by atoms with Gasteiger partial charge in [0, 0.05) is 48.5 Å². The second-order valence-electron chi connectivity index (χ2n) is 7.81. The van der Waals surface area contributed by atoms with Gasteiger partial charge in [-0.2, -0.15) is 13.2 Å². The molecular formula is C22H23F3N4O2. The molecule has 3 aromatic rings. The molecule has 4 rings (SSSR count). The number of hydrogen-bond acceptors (Lipinski definition) is 4. The van der Waals surface area contributed by atoms with Crippen LogP contribution in [0.1, 0.15) is 57.2 Å². The molecule has 9 heteroatoms. The van der Waals surface area contributed by atoms with Crippen molar-refractivity contribution in [2.45, 2.75) is 45.3 Å². The maximum atomic E-state index is 13.8. The summed E-state index contributed by atoms with van der Waals surface area (Å²) < 4.78 is 46.8. The van der Waals surface area contributed by atoms with E-state index < -0.39 is 17.6 Å². The summed E-state index contributed by atoms with van der Waals surface area (Å²) in [5.74, 6) is -0.278. The van der Waals surface area contributed by atoms with Crippen molar-refractivity contribution in [1.29, 1.82) is 0 Å². The lowest BCUT2D eigenvalue weighted by Crippen LogP contribution is -2.25. The summed E-state index contributed by atoms with van der Waals surface area (Å²) in [6.07, 6.45) is -0.213. The highest BCUT2D eigenvalue weighted by Gasteiger charge is 2.34. The SMILES string of the molecule is Cc1ncncc1C(=O)NCc1cc2c(C)c(C3CCOCC3)[nH]c2cc1C(F)(F)F. The lowest BCUT2D eigenvalue weighted by molar-refractivity contribution is -0.138. The Morgan fingerprint density at radius 3 is 2.68 bits per heavy atom. The summed E-state index contributed by atoms with van der Waals surface area (Å²) in [5.41, 5.74) is 2.30. The summed E-state index contributed by atoms with van der Waals surface area (Å²) in [7, 11) is 0. The number of fused-ring (bicyclic) bond motifs is 1. The zero-order chi connectivity index (χ0) is 22.2. The minimum Gasteiger partial charge on any atom is -0.381 e. The third-order valence-corrected chi connectivity index (χ3v) is 5.85.